The van der Waals surface area contributed by atoms with Crippen molar-refractivity contribution in [3.63, 3.8) is 0 Å². The molecule has 0 rings (SSSR count). The van der Waals surface area contributed by atoms with Crippen LogP contribution in [0.2, 0.25) is 0 Å². The Kier molecular flexibility index (Phi) is 6.20. The van der Waals surface area contributed by atoms with E-state index in [-0.39, 0.29) is 29.6 Å². The minimum absolute atomic E-state index is 0. The van der Waals surface area contributed by atoms with Gasteiger partial charge in [-0.15, -0.1) is 0 Å². The van der Waals surface area contributed by atoms with Crippen molar-refractivity contribution < 1.29 is 25.9 Å². The van der Waals surface area contributed by atoms with E-state index in [2.05, 4.69) is 0 Å². The van der Waals surface area contributed by atoms with Gasteiger partial charge in [-0.25, -0.2) is 0 Å². The van der Waals surface area contributed by atoms with Crippen LogP contribution in [0.5, 0.6) is 0 Å². The van der Waals surface area contributed by atoms with Gasteiger partial charge >= 0.3 is 29.6 Å². The van der Waals surface area contributed by atoms with E-state index in [4.69, 9.17) is 9.11 Å². The molecule has 0 atom stereocenters. The minimum atomic E-state index is -4.30. The summed E-state index contributed by atoms with van der Waals surface area (Å²) in [4.78, 5) is 0. The van der Waals surface area contributed by atoms with Crippen molar-refractivity contribution in [1.29, 1.82) is 0 Å². The summed E-state index contributed by atoms with van der Waals surface area (Å²) in [6.45, 7) is 0. The molecule has 0 saturated heterocycles. The van der Waals surface area contributed by atoms with E-state index in [1.54, 1.807) is 0 Å². The van der Waals surface area contributed by atoms with Gasteiger partial charge < -0.3 is 0 Å². The molecule has 6 nitrogen and oxygen atoms in total. The van der Waals surface area contributed by atoms with Crippen molar-refractivity contribution >= 4 is 49.8 Å². The molecule has 2 N–H and O–H groups in total. The van der Waals surface area contributed by atoms with Crippen molar-refractivity contribution in [3.05, 3.63) is 0 Å². The summed E-state index contributed by atoms with van der Waals surface area (Å²) >= 11 is 0. The van der Waals surface area contributed by atoms with Gasteiger partial charge in [-0.2, -0.15) is 16.8 Å². The zero-order valence-electron chi connectivity index (χ0n) is 4.76. The van der Waals surface area contributed by atoms with E-state index >= 15 is 0 Å². The molecule has 0 radical (unpaired) electrons. The van der Waals surface area contributed by atoms with Gasteiger partial charge in [0.25, 0.3) is 20.2 Å². The summed E-state index contributed by atoms with van der Waals surface area (Å²) in [5.41, 5.74) is 0. The summed E-state index contributed by atoms with van der Waals surface area (Å²) in [6.07, 6.45) is 0. The third-order valence-electron chi connectivity index (χ3n) is 0.599. The SMILES string of the molecule is O=S(=O)(O)CCS(=O)(=O)O.[NaH]. The summed E-state index contributed by atoms with van der Waals surface area (Å²) in [5.74, 6) is -1.96. The molecule has 0 aromatic rings. The fourth-order valence-electron chi connectivity index (χ4n) is 0.211. The van der Waals surface area contributed by atoms with E-state index in [0.717, 1.165) is 0 Å². The van der Waals surface area contributed by atoms with E-state index in [0.29, 0.717) is 0 Å². The molecule has 0 fully saturated rings. The van der Waals surface area contributed by atoms with Gasteiger partial charge in [-0.05, 0) is 0 Å². The molecule has 11 heavy (non-hydrogen) atoms. The quantitative estimate of drug-likeness (QED) is 0.420. The Morgan fingerprint density at radius 3 is 1.09 bits per heavy atom. The Balaban J connectivity index is 0. The summed E-state index contributed by atoms with van der Waals surface area (Å²) in [5, 5.41) is 0. The Labute approximate surface area is 86.8 Å². The molecule has 0 aliphatic carbocycles. The van der Waals surface area contributed by atoms with Gasteiger partial charge in [0.1, 0.15) is 0 Å². The first kappa shape index (κ1) is 14.3. The van der Waals surface area contributed by atoms with Crippen LogP contribution in [0.15, 0.2) is 0 Å². The van der Waals surface area contributed by atoms with Gasteiger partial charge in [0.2, 0.25) is 0 Å². The average Bonchev–Trinajstić information content (AvgIpc) is 1.57. The summed E-state index contributed by atoms with van der Waals surface area (Å²) in [7, 11) is -8.59. The van der Waals surface area contributed by atoms with Gasteiger partial charge in [0.05, 0.1) is 11.5 Å². The molecule has 64 valence electrons. The zero-order valence-corrected chi connectivity index (χ0v) is 6.39. The van der Waals surface area contributed by atoms with Crippen LogP contribution < -0.4 is 0 Å². The van der Waals surface area contributed by atoms with Crippen LogP contribution in [0.4, 0.5) is 0 Å². The van der Waals surface area contributed by atoms with Crippen LogP contribution >= 0.6 is 0 Å². The first-order valence-corrected chi connectivity index (χ1v) is 5.33. The van der Waals surface area contributed by atoms with Crippen molar-refractivity contribution in [1.82, 2.24) is 0 Å². The number of hydrogen-bond donors (Lipinski definition) is 2. The maximum absolute atomic E-state index is 9.86. The summed E-state index contributed by atoms with van der Waals surface area (Å²) < 4.78 is 55.4. The molecular weight excluding hydrogens is 207 g/mol. The van der Waals surface area contributed by atoms with Gasteiger partial charge in [0.15, 0.2) is 0 Å². The van der Waals surface area contributed by atoms with Gasteiger partial charge in [0, 0.05) is 0 Å². The van der Waals surface area contributed by atoms with Crippen LogP contribution in [0.1, 0.15) is 0 Å². The monoisotopic (exact) mass is 214 g/mol. The van der Waals surface area contributed by atoms with Crippen molar-refractivity contribution in [2.24, 2.45) is 0 Å². The molecule has 0 aromatic carbocycles. The molecule has 9 heteroatoms. The van der Waals surface area contributed by atoms with Crippen LogP contribution in [-0.4, -0.2) is 67.0 Å². The second-order valence-electron chi connectivity index (χ2n) is 1.57. The molecule has 0 unspecified atom stereocenters. The predicted octanol–water partition coefficient (Wildman–Crippen LogP) is -1.89. The van der Waals surface area contributed by atoms with Crippen LogP contribution in [0.25, 0.3) is 0 Å². The Bertz CT molecular complexity index is 255. The first-order valence-electron chi connectivity index (χ1n) is 2.11. The molecule has 0 bridgehead atoms. The molecular formula is C2H7NaO6S2. The molecule has 0 aliphatic heterocycles. The van der Waals surface area contributed by atoms with Crippen LogP contribution in [0, 0.1) is 0 Å². The van der Waals surface area contributed by atoms with Crippen molar-refractivity contribution in [2.75, 3.05) is 11.5 Å². The zero-order chi connectivity index (χ0) is 8.41. The Morgan fingerprint density at radius 1 is 0.818 bits per heavy atom. The third kappa shape index (κ3) is 13.8. The molecule has 0 aromatic heterocycles. The van der Waals surface area contributed by atoms with E-state index in [9.17, 15) is 16.8 Å². The molecule has 0 amide bonds. The maximum atomic E-state index is 9.86. The van der Waals surface area contributed by atoms with Crippen molar-refractivity contribution in [3.8, 4) is 0 Å². The molecule has 0 heterocycles. The third-order valence-corrected chi connectivity index (χ3v) is 2.30. The Morgan fingerprint density at radius 2 is 1.00 bits per heavy atom. The topological polar surface area (TPSA) is 109 Å². The van der Waals surface area contributed by atoms with Crippen LogP contribution in [-0.2, 0) is 20.2 Å². The standard InChI is InChI=1S/C2H6O6S2.Na.H/c3-9(4,5)1-2-10(6,7)8;;/h1-2H2,(H,3,4,5)(H,6,7,8);;. The van der Waals surface area contributed by atoms with E-state index < -0.39 is 31.7 Å². The molecule has 0 spiro atoms. The number of rotatable bonds is 3. The second kappa shape index (κ2) is 4.75. The fraction of sp³-hybridized carbons (Fsp3) is 1.00. The first-order chi connectivity index (χ1) is 4.21. The fourth-order valence-corrected chi connectivity index (χ4v) is 1.90. The van der Waals surface area contributed by atoms with Gasteiger partial charge in [-0.3, -0.25) is 9.11 Å². The average molecular weight is 214 g/mol. The Hall–Kier alpha value is 0.820. The summed E-state index contributed by atoms with van der Waals surface area (Å²) in [6, 6.07) is 0. The van der Waals surface area contributed by atoms with E-state index in [1.165, 1.54) is 0 Å². The molecule has 0 aliphatic rings. The predicted molar refractivity (Wildman–Crippen MR) is 40.0 cm³/mol. The molecule has 0 saturated carbocycles. The van der Waals surface area contributed by atoms with E-state index in [1.807, 2.05) is 0 Å². The van der Waals surface area contributed by atoms with Crippen LogP contribution in [0.3, 0.4) is 0 Å². The normalized spacial score (nSPS) is 12.2. The van der Waals surface area contributed by atoms with Crippen molar-refractivity contribution in [2.45, 2.75) is 0 Å². The second-order valence-corrected chi connectivity index (χ2v) is 4.72. The number of hydrogen-bond acceptors (Lipinski definition) is 4. The van der Waals surface area contributed by atoms with Gasteiger partial charge in [-0.1, -0.05) is 0 Å².